The van der Waals surface area contributed by atoms with Crippen molar-refractivity contribution in [3.8, 4) is 0 Å². The quantitative estimate of drug-likeness (QED) is 0.152. The van der Waals surface area contributed by atoms with Crippen LogP contribution < -0.4 is 0 Å². The van der Waals surface area contributed by atoms with Crippen LogP contribution in [0, 0.1) is 50.2 Å². The average Bonchev–Trinajstić information content (AvgIpc) is 3.03. The second-order valence-electron chi connectivity index (χ2n) is 17.8. The Hall–Kier alpha value is -2.00. The van der Waals surface area contributed by atoms with Gasteiger partial charge in [-0.25, -0.2) is 9.59 Å². The maximum Gasteiger partial charge on any atom is 0.333 e. The van der Waals surface area contributed by atoms with E-state index >= 15 is 0 Å². The van der Waals surface area contributed by atoms with Crippen molar-refractivity contribution in [1.29, 1.82) is 0 Å². The van der Waals surface area contributed by atoms with Gasteiger partial charge in [0.1, 0.15) is 6.10 Å². The highest BCUT2D eigenvalue weighted by molar-refractivity contribution is 5.88. The van der Waals surface area contributed by atoms with E-state index in [0.29, 0.717) is 30.4 Å². The van der Waals surface area contributed by atoms with Gasteiger partial charge in [-0.3, -0.25) is 0 Å². The molecule has 0 radical (unpaired) electrons. The lowest BCUT2D eigenvalue weighted by Crippen LogP contribution is -2.72. The number of ether oxygens (including phenoxy) is 2. The summed E-state index contributed by atoms with van der Waals surface area (Å²) < 4.78 is 12.5. The highest BCUT2D eigenvalue weighted by Gasteiger charge is 2.73. The molecule has 5 aliphatic rings. The zero-order valence-corrected chi connectivity index (χ0v) is 31.1. The minimum atomic E-state index is -1.28. The molecule has 4 saturated carbocycles. The van der Waals surface area contributed by atoms with E-state index in [9.17, 15) is 30.0 Å². The van der Waals surface area contributed by atoms with Crippen LogP contribution in [0.2, 0.25) is 0 Å². The first-order valence-electron chi connectivity index (χ1n) is 18.2. The molecule has 5 aliphatic carbocycles. The fourth-order valence-electron chi connectivity index (χ4n) is 11.9. The van der Waals surface area contributed by atoms with Crippen molar-refractivity contribution in [1.82, 2.24) is 0 Å². The van der Waals surface area contributed by atoms with E-state index in [1.165, 1.54) is 5.57 Å². The SMILES string of the molecule is CC=C(C)C(=O)O[C@H]1[C@H](OC(=O)C(C)=CC)[C@@]2(CO)C(CC1(C)C)C1=CCC3[C@@]4(C)CC[C@H](O)[C@](C)(CO)C4CC[C@@]3(C)[C@]1(C)C[C@H]2O. The fraction of sp³-hybridized carbons (Fsp3) is 0.800. The number of esters is 2. The van der Waals surface area contributed by atoms with Crippen molar-refractivity contribution < 1.29 is 39.5 Å². The van der Waals surface area contributed by atoms with Crippen LogP contribution >= 0.6 is 0 Å². The van der Waals surface area contributed by atoms with E-state index in [1.54, 1.807) is 39.8 Å². The molecule has 270 valence electrons. The van der Waals surface area contributed by atoms with Gasteiger partial charge in [-0.05, 0) is 107 Å². The van der Waals surface area contributed by atoms with Crippen LogP contribution in [0.1, 0.15) is 114 Å². The number of allylic oxidation sites excluding steroid dienone is 4. The molecule has 48 heavy (non-hydrogen) atoms. The van der Waals surface area contributed by atoms with Gasteiger partial charge in [-0.2, -0.15) is 0 Å². The summed E-state index contributed by atoms with van der Waals surface area (Å²) in [6, 6.07) is 0. The van der Waals surface area contributed by atoms with Gasteiger partial charge in [0.05, 0.1) is 30.8 Å². The van der Waals surface area contributed by atoms with Crippen LogP contribution in [0.25, 0.3) is 0 Å². The Morgan fingerprint density at radius 2 is 1.40 bits per heavy atom. The minimum absolute atomic E-state index is 0.0444. The van der Waals surface area contributed by atoms with Gasteiger partial charge in [-0.1, -0.05) is 65.3 Å². The molecule has 4 N–H and O–H groups in total. The molecule has 0 aromatic carbocycles. The first-order chi connectivity index (χ1) is 22.3. The molecular weight excluding hydrogens is 608 g/mol. The Bertz CT molecular complexity index is 1390. The second-order valence-corrected chi connectivity index (χ2v) is 17.8. The Morgan fingerprint density at radius 1 is 0.812 bits per heavy atom. The highest BCUT2D eigenvalue weighted by Crippen LogP contribution is 2.76. The van der Waals surface area contributed by atoms with E-state index in [1.807, 2.05) is 13.8 Å². The standard InChI is InChI=1S/C40H62O8/c1-11-23(3)33(45)47-31-32(48-34(46)24(4)12-2)40(22-42)26(19-35(31,5)6)25-13-14-28-36(7)17-16-29(43)37(8,21-41)27(36)15-18-38(28,9)39(25,10)20-30(40)44/h11-13,26-32,41-44H,14-22H2,1-10H3/t26?,27?,28?,29-,30+,31-,32-,36-,37+,38+,39+,40-/m0/s1. The number of hydrogen-bond donors (Lipinski definition) is 4. The van der Waals surface area contributed by atoms with E-state index < -0.39 is 64.6 Å². The normalized spacial score (nSPS) is 47.0. The number of hydrogen-bond acceptors (Lipinski definition) is 8. The third-order valence-corrected chi connectivity index (χ3v) is 15.4. The van der Waals surface area contributed by atoms with E-state index in [0.717, 1.165) is 25.7 Å². The lowest BCUT2D eigenvalue weighted by atomic mass is 9.33. The van der Waals surface area contributed by atoms with Crippen molar-refractivity contribution in [2.75, 3.05) is 13.2 Å². The molecule has 0 saturated heterocycles. The molecular formula is C40H62O8. The van der Waals surface area contributed by atoms with Crippen molar-refractivity contribution in [2.45, 2.75) is 139 Å². The Balaban J connectivity index is 1.65. The number of fused-ring (bicyclic) bond motifs is 7. The van der Waals surface area contributed by atoms with Gasteiger partial charge >= 0.3 is 11.9 Å². The number of aliphatic hydroxyl groups excluding tert-OH is 4. The summed E-state index contributed by atoms with van der Waals surface area (Å²) in [6.07, 6.45) is 7.19. The van der Waals surface area contributed by atoms with Crippen LogP contribution in [0.3, 0.4) is 0 Å². The van der Waals surface area contributed by atoms with E-state index in [2.05, 4.69) is 33.8 Å². The molecule has 0 heterocycles. The van der Waals surface area contributed by atoms with Gasteiger partial charge in [0.15, 0.2) is 6.10 Å². The van der Waals surface area contributed by atoms with Gasteiger partial charge in [0.25, 0.3) is 0 Å². The molecule has 0 aromatic rings. The summed E-state index contributed by atoms with van der Waals surface area (Å²) in [4.78, 5) is 26.8. The molecule has 0 bridgehead atoms. The van der Waals surface area contributed by atoms with Crippen LogP contribution in [0.15, 0.2) is 34.9 Å². The summed E-state index contributed by atoms with van der Waals surface area (Å²) in [5, 5.41) is 45.7. The summed E-state index contributed by atoms with van der Waals surface area (Å²) >= 11 is 0. The smallest absolute Gasteiger partial charge is 0.333 e. The maximum atomic E-state index is 13.5. The predicted octanol–water partition coefficient (Wildman–Crippen LogP) is 6.06. The topological polar surface area (TPSA) is 134 Å². The lowest BCUT2D eigenvalue weighted by Gasteiger charge is -2.72. The van der Waals surface area contributed by atoms with Crippen LogP contribution in [-0.4, -0.2) is 70.0 Å². The number of carbonyl (C=O) groups is 2. The van der Waals surface area contributed by atoms with E-state index in [-0.39, 0.29) is 35.2 Å². The second kappa shape index (κ2) is 12.3. The Kier molecular flexibility index (Phi) is 9.58. The monoisotopic (exact) mass is 670 g/mol. The molecule has 0 aliphatic heterocycles. The molecule has 3 unspecified atom stereocenters. The van der Waals surface area contributed by atoms with Crippen molar-refractivity contribution in [3.05, 3.63) is 34.9 Å². The van der Waals surface area contributed by atoms with Crippen molar-refractivity contribution in [2.24, 2.45) is 50.2 Å². The minimum Gasteiger partial charge on any atom is -0.454 e. The van der Waals surface area contributed by atoms with Crippen LogP contribution in [0.5, 0.6) is 0 Å². The number of aliphatic hydroxyl groups is 4. The molecule has 12 atom stereocenters. The van der Waals surface area contributed by atoms with Crippen LogP contribution in [-0.2, 0) is 19.1 Å². The molecule has 8 heteroatoms. The van der Waals surface area contributed by atoms with Gasteiger partial charge in [-0.15, -0.1) is 0 Å². The van der Waals surface area contributed by atoms with Gasteiger partial charge in [0.2, 0.25) is 0 Å². The molecule has 5 rings (SSSR count). The Morgan fingerprint density at radius 3 is 1.94 bits per heavy atom. The number of carbonyl (C=O) groups excluding carboxylic acids is 2. The predicted molar refractivity (Wildman–Crippen MR) is 184 cm³/mol. The molecule has 0 amide bonds. The summed E-state index contributed by atoms with van der Waals surface area (Å²) in [6.45, 7) is 19.6. The fourth-order valence-corrected chi connectivity index (χ4v) is 11.9. The third-order valence-electron chi connectivity index (χ3n) is 15.4. The zero-order valence-electron chi connectivity index (χ0n) is 31.1. The van der Waals surface area contributed by atoms with Crippen molar-refractivity contribution >= 4 is 11.9 Å². The van der Waals surface area contributed by atoms with Crippen molar-refractivity contribution in [3.63, 3.8) is 0 Å². The highest BCUT2D eigenvalue weighted by atomic mass is 16.6. The molecule has 0 spiro atoms. The largest absolute Gasteiger partial charge is 0.454 e. The summed E-state index contributed by atoms with van der Waals surface area (Å²) in [7, 11) is 0. The first-order valence-corrected chi connectivity index (χ1v) is 18.2. The molecule has 0 aromatic heterocycles. The zero-order chi connectivity index (χ0) is 35.8. The molecule has 4 fully saturated rings. The third kappa shape index (κ3) is 4.97. The van der Waals surface area contributed by atoms with Crippen LogP contribution in [0.4, 0.5) is 0 Å². The summed E-state index contributed by atoms with van der Waals surface area (Å²) in [5.41, 5.74) is -1.21. The maximum absolute atomic E-state index is 13.5. The van der Waals surface area contributed by atoms with Gasteiger partial charge in [0, 0.05) is 22.0 Å². The Labute approximate surface area is 288 Å². The summed E-state index contributed by atoms with van der Waals surface area (Å²) in [5.74, 6) is -0.954. The molecule has 8 nitrogen and oxygen atoms in total. The van der Waals surface area contributed by atoms with Gasteiger partial charge < -0.3 is 29.9 Å². The average molecular weight is 671 g/mol. The first kappa shape index (κ1) is 37.3. The van der Waals surface area contributed by atoms with E-state index in [4.69, 9.17) is 9.47 Å². The number of rotatable bonds is 6. The lowest BCUT2D eigenvalue weighted by molar-refractivity contribution is -0.266.